The van der Waals surface area contributed by atoms with Gasteiger partial charge in [-0.05, 0) is 42.8 Å². The minimum Gasteiger partial charge on any atom is -0.497 e. The third-order valence-electron chi connectivity index (χ3n) is 4.29. The Labute approximate surface area is 163 Å². The molecule has 0 atom stereocenters. The molecule has 0 aliphatic heterocycles. The van der Waals surface area contributed by atoms with Gasteiger partial charge in [-0.3, -0.25) is 9.89 Å². The average molecular weight is 372 g/mol. The van der Waals surface area contributed by atoms with Gasteiger partial charge in [0.25, 0.3) is 5.91 Å². The molecule has 0 fully saturated rings. The number of aromatic nitrogens is 2. The number of H-pyrrole nitrogens is 1. The summed E-state index contributed by atoms with van der Waals surface area (Å²) in [6.45, 7) is 2.36. The van der Waals surface area contributed by atoms with E-state index in [1.54, 1.807) is 13.3 Å². The molecule has 2 N–H and O–H groups in total. The van der Waals surface area contributed by atoms with E-state index in [4.69, 9.17) is 4.74 Å². The number of rotatable bonds is 6. The number of nitriles is 1. The number of aromatic amines is 1. The first-order valence-corrected chi connectivity index (χ1v) is 8.74. The second kappa shape index (κ2) is 8.69. The highest BCUT2D eigenvalue weighted by Crippen LogP contribution is 2.25. The standard InChI is InChI=1S/C22H20N4O2/c1-15-3-5-16(6-4-15)13-24-22(27)18(12-23)11-19-14-25-26-21(19)17-7-9-20(28-2)10-8-17/h3-11,14H,13H2,1-2H3,(H,24,27)(H,25,26)/b18-11-. The number of methoxy groups -OCH3 is 1. The van der Waals surface area contributed by atoms with E-state index in [1.165, 1.54) is 6.08 Å². The van der Waals surface area contributed by atoms with Gasteiger partial charge in [-0.2, -0.15) is 10.4 Å². The van der Waals surface area contributed by atoms with E-state index in [9.17, 15) is 10.1 Å². The first kappa shape index (κ1) is 18.9. The maximum atomic E-state index is 12.4. The minimum atomic E-state index is -0.426. The van der Waals surface area contributed by atoms with Gasteiger partial charge in [-0.1, -0.05) is 29.8 Å². The normalized spacial score (nSPS) is 11.0. The van der Waals surface area contributed by atoms with E-state index in [2.05, 4.69) is 15.5 Å². The van der Waals surface area contributed by atoms with Gasteiger partial charge >= 0.3 is 0 Å². The SMILES string of the molecule is COc1ccc(-c2[nH]ncc2/C=C(/C#N)C(=O)NCc2ccc(C)cc2)cc1. The molecule has 0 saturated carbocycles. The van der Waals surface area contributed by atoms with Crippen LogP contribution < -0.4 is 10.1 Å². The third kappa shape index (κ3) is 4.46. The predicted molar refractivity (Wildman–Crippen MR) is 107 cm³/mol. The van der Waals surface area contributed by atoms with Gasteiger partial charge in [0.2, 0.25) is 0 Å². The molecule has 6 heteroatoms. The smallest absolute Gasteiger partial charge is 0.262 e. The maximum Gasteiger partial charge on any atom is 0.262 e. The highest BCUT2D eigenvalue weighted by Gasteiger charge is 2.12. The first-order chi connectivity index (χ1) is 13.6. The Kier molecular flexibility index (Phi) is 5.87. The lowest BCUT2D eigenvalue weighted by Crippen LogP contribution is -2.23. The summed E-state index contributed by atoms with van der Waals surface area (Å²) in [5.41, 5.74) is 4.40. The quantitative estimate of drug-likeness (QED) is 0.511. The van der Waals surface area contributed by atoms with E-state index in [0.717, 1.165) is 28.1 Å². The molecular weight excluding hydrogens is 352 g/mol. The van der Waals surface area contributed by atoms with Crippen molar-refractivity contribution in [3.05, 3.63) is 77.0 Å². The molecule has 140 valence electrons. The molecule has 3 aromatic rings. The topological polar surface area (TPSA) is 90.8 Å². The fraction of sp³-hybridized carbons (Fsp3) is 0.136. The molecule has 0 radical (unpaired) electrons. The summed E-state index contributed by atoms with van der Waals surface area (Å²) in [6.07, 6.45) is 3.12. The van der Waals surface area contributed by atoms with Crippen molar-refractivity contribution in [3.8, 4) is 23.1 Å². The van der Waals surface area contributed by atoms with Crippen molar-refractivity contribution < 1.29 is 9.53 Å². The Morgan fingerprint density at radius 3 is 2.57 bits per heavy atom. The number of nitrogens with one attached hydrogen (secondary N) is 2. The van der Waals surface area contributed by atoms with Crippen molar-refractivity contribution in [3.63, 3.8) is 0 Å². The second-order valence-corrected chi connectivity index (χ2v) is 6.27. The van der Waals surface area contributed by atoms with Crippen LogP contribution in [0.3, 0.4) is 0 Å². The zero-order valence-electron chi connectivity index (χ0n) is 15.7. The van der Waals surface area contributed by atoms with Gasteiger partial charge in [0.1, 0.15) is 17.4 Å². The number of aryl methyl sites for hydroxylation is 1. The third-order valence-corrected chi connectivity index (χ3v) is 4.29. The summed E-state index contributed by atoms with van der Waals surface area (Å²) in [4.78, 5) is 12.4. The minimum absolute atomic E-state index is 0.0169. The summed E-state index contributed by atoms with van der Waals surface area (Å²) in [7, 11) is 1.60. The summed E-state index contributed by atoms with van der Waals surface area (Å²) in [6, 6.07) is 17.3. The molecule has 0 saturated heterocycles. The van der Waals surface area contributed by atoms with E-state index < -0.39 is 5.91 Å². The van der Waals surface area contributed by atoms with Crippen LogP contribution in [0.15, 0.2) is 60.3 Å². The summed E-state index contributed by atoms with van der Waals surface area (Å²) in [5, 5.41) is 19.2. The summed E-state index contributed by atoms with van der Waals surface area (Å²) in [5.74, 6) is 0.318. The molecule has 2 aromatic carbocycles. The number of carbonyl (C=O) groups excluding carboxylic acids is 1. The van der Waals surface area contributed by atoms with Gasteiger partial charge in [0.05, 0.1) is 19.0 Å². The van der Waals surface area contributed by atoms with Gasteiger partial charge in [0, 0.05) is 17.7 Å². The summed E-state index contributed by atoms with van der Waals surface area (Å²) >= 11 is 0. The van der Waals surface area contributed by atoms with Crippen LogP contribution in [0.2, 0.25) is 0 Å². The molecule has 1 aromatic heterocycles. The Bertz CT molecular complexity index is 1030. The van der Waals surface area contributed by atoms with Crippen LogP contribution >= 0.6 is 0 Å². The van der Waals surface area contributed by atoms with Gasteiger partial charge in [0.15, 0.2) is 0 Å². The number of hydrogen-bond donors (Lipinski definition) is 2. The second-order valence-electron chi connectivity index (χ2n) is 6.27. The molecule has 3 rings (SSSR count). The van der Waals surface area contributed by atoms with Gasteiger partial charge < -0.3 is 10.1 Å². The number of amides is 1. The van der Waals surface area contributed by atoms with E-state index in [0.29, 0.717) is 12.1 Å². The average Bonchev–Trinajstić information content (AvgIpc) is 3.19. The van der Waals surface area contributed by atoms with Crippen molar-refractivity contribution in [2.45, 2.75) is 13.5 Å². The highest BCUT2D eigenvalue weighted by molar-refractivity contribution is 6.02. The largest absolute Gasteiger partial charge is 0.497 e. The molecule has 0 aliphatic carbocycles. The molecule has 1 amide bonds. The van der Waals surface area contributed by atoms with Crippen LogP contribution in [0.25, 0.3) is 17.3 Å². The Hall–Kier alpha value is -3.85. The zero-order valence-corrected chi connectivity index (χ0v) is 15.7. The van der Waals surface area contributed by atoms with Crippen LogP contribution in [-0.4, -0.2) is 23.2 Å². The highest BCUT2D eigenvalue weighted by atomic mass is 16.5. The first-order valence-electron chi connectivity index (χ1n) is 8.74. The van der Waals surface area contributed by atoms with Crippen LogP contribution in [0.1, 0.15) is 16.7 Å². The van der Waals surface area contributed by atoms with Crippen LogP contribution in [0.5, 0.6) is 5.75 Å². The Morgan fingerprint density at radius 2 is 1.93 bits per heavy atom. The molecule has 6 nitrogen and oxygen atoms in total. The lowest BCUT2D eigenvalue weighted by atomic mass is 10.1. The van der Waals surface area contributed by atoms with Crippen LogP contribution in [-0.2, 0) is 11.3 Å². The fourth-order valence-corrected chi connectivity index (χ4v) is 2.68. The van der Waals surface area contributed by atoms with E-state index in [-0.39, 0.29) is 5.57 Å². The Balaban J connectivity index is 1.77. The lowest BCUT2D eigenvalue weighted by Gasteiger charge is -2.06. The van der Waals surface area contributed by atoms with Crippen molar-refractivity contribution in [2.24, 2.45) is 0 Å². The zero-order chi connectivity index (χ0) is 19.9. The number of carbonyl (C=O) groups is 1. The fourth-order valence-electron chi connectivity index (χ4n) is 2.68. The maximum absolute atomic E-state index is 12.4. The molecule has 0 unspecified atom stereocenters. The molecule has 1 heterocycles. The monoisotopic (exact) mass is 372 g/mol. The molecule has 0 bridgehead atoms. The molecule has 28 heavy (non-hydrogen) atoms. The number of ether oxygens (including phenoxy) is 1. The van der Waals surface area contributed by atoms with Crippen molar-refractivity contribution in [1.29, 1.82) is 5.26 Å². The number of benzene rings is 2. The van der Waals surface area contributed by atoms with E-state index in [1.807, 2.05) is 61.5 Å². The number of hydrogen-bond acceptors (Lipinski definition) is 4. The predicted octanol–water partition coefficient (Wildman–Crippen LogP) is 3.62. The summed E-state index contributed by atoms with van der Waals surface area (Å²) < 4.78 is 5.17. The lowest BCUT2D eigenvalue weighted by molar-refractivity contribution is -0.117. The van der Waals surface area contributed by atoms with Crippen LogP contribution in [0, 0.1) is 18.3 Å². The Morgan fingerprint density at radius 1 is 1.21 bits per heavy atom. The molecule has 0 spiro atoms. The van der Waals surface area contributed by atoms with Crippen molar-refractivity contribution in [1.82, 2.24) is 15.5 Å². The van der Waals surface area contributed by atoms with Crippen molar-refractivity contribution in [2.75, 3.05) is 7.11 Å². The number of nitrogens with zero attached hydrogens (tertiary/aromatic N) is 2. The van der Waals surface area contributed by atoms with Gasteiger partial charge in [-0.15, -0.1) is 0 Å². The van der Waals surface area contributed by atoms with Gasteiger partial charge in [-0.25, -0.2) is 0 Å². The molecule has 0 aliphatic rings. The van der Waals surface area contributed by atoms with Crippen molar-refractivity contribution >= 4 is 12.0 Å². The van der Waals surface area contributed by atoms with E-state index >= 15 is 0 Å². The van der Waals surface area contributed by atoms with Crippen LogP contribution in [0.4, 0.5) is 0 Å². The molecular formula is C22H20N4O2.